The van der Waals surface area contributed by atoms with E-state index in [1.54, 1.807) is 12.1 Å². The summed E-state index contributed by atoms with van der Waals surface area (Å²) in [4.78, 5) is 12.2. The fourth-order valence-electron chi connectivity index (χ4n) is 3.53. The molecule has 0 saturated carbocycles. The highest BCUT2D eigenvalue weighted by molar-refractivity contribution is 7.89. The molecule has 1 fully saturated rings. The highest BCUT2D eigenvalue weighted by atomic mass is 32.2. The first-order chi connectivity index (χ1) is 12.0. The highest BCUT2D eigenvalue weighted by Crippen LogP contribution is 2.23. The van der Waals surface area contributed by atoms with Crippen LogP contribution in [-0.2, 0) is 27.7 Å². The molecule has 1 aromatic carbocycles. The van der Waals surface area contributed by atoms with Crippen LogP contribution in [0.25, 0.3) is 0 Å². The molecule has 1 amide bonds. The minimum atomic E-state index is -3.56. The average Bonchev–Trinajstić information content (AvgIpc) is 2.62. The van der Waals surface area contributed by atoms with Gasteiger partial charge in [-0.25, -0.2) is 13.1 Å². The zero-order chi connectivity index (χ0) is 17.7. The quantitative estimate of drug-likeness (QED) is 0.705. The monoisotopic (exact) mass is 365 g/mol. The number of piperidine rings is 1. The van der Waals surface area contributed by atoms with Crippen molar-refractivity contribution in [3.8, 4) is 0 Å². The largest absolute Gasteiger partial charge is 0.352 e. The number of benzene rings is 1. The maximum absolute atomic E-state index is 12.4. The maximum Gasteiger partial charge on any atom is 0.240 e. The van der Waals surface area contributed by atoms with Crippen LogP contribution in [0.1, 0.15) is 43.2 Å². The Morgan fingerprint density at radius 2 is 1.96 bits per heavy atom. The molecule has 0 bridgehead atoms. The molecule has 6 nitrogen and oxygen atoms in total. The minimum absolute atomic E-state index is 0.109. The Balaban J connectivity index is 1.50. The molecule has 1 unspecified atom stereocenters. The van der Waals surface area contributed by atoms with Gasteiger partial charge in [0.2, 0.25) is 15.9 Å². The molecule has 0 aromatic heterocycles. The Labute approximate surface area is 149 Å². The highest BCUT2D eigenvalue weighted by Gasteiger charge is 2.19. The van der Waals surface area contributed by atoms with Crippen LogP contribution >= 0.6 is 0 Å². The van der Waals surface area contributed by atoms with Crippen LogP contribution in [-0.4, -0.2) is 40.0 Å². The van der Waals surface area contributed by atoms with Gasteiger partial charge in [-0.15, -0.1) is 0 Å². The second-order valence-corrected chi connectivity index (χ2v) is 8.66. The van der Waals surface area contributed by atoms with Crippen molar-refractivity contribution < 1.29 is 13.2 Å². The Bertz CT molecular complexity index is 712. The van der Waals surface area contributed by atoms with E-state index in [2.05, 4.69) is 15.4 Å². The fourth-order valence-corrected chi connectivity index (χ4v) is 4.62. The van der Waals surface area contributed by atoms with Crippen LogP contribution in [0.5, 0.6) is 0 Å². The second-order valence-electron chi connectivity index (χ2n) is 6.90. The van der Waals surface area contributed by atoms with Crippen LogP contribution < -0.4 is 15.4 Å². The lowest BCUT2D eigenvalue weighted by Crippen LogP contribution is -2.46. The summed E-state index contributed by atoms with van der Waals surface area (Å²) in [5.74, 6) is -0.109. The molecule has 2 aliphatic rings. The zero-order valence-electron chi connectivity index (χ0n) is 14.5. The van der Waals surface area contributed by atoms with Gasteiger partial charge in [-0.2, -0.15) is 0 Å². The Hall–Kier alpha value is -1.44. The standard InChI is InChI=1S/C18H27N3O3S/c22-18(21-16-6-3-10-19-13-16)9-11-20-25(23,24)17-8-7-14-4-1-2-5-15(14)12-17/h7-8,12,16,19-20H,1-6,9-11,13H2,(H,21,22). The second kappa shape index (κ2) is 8.29. The van der Waals surface area contributed by atoms with E-state index in [1.807, 2.05) is 6.07 Å². The van der Waals surface area contributed by atoms with Crippen LogP contribution in [0.2, 0.25) is 0 Å². The van der Waals surface area contributed by atoms with Crippen molar-refractivity contribution in [1.82, 2.24) is 15.4 Å². The van der Waals surface area contributed by atoms with Gasteiger partial charge < -0.3 is 10.6 Å². The van der Waals surface area contributed by atoms with Gasteiger partial charge >= 0.3 is 0 Å². The molecule has 1 aromatic rings. The first-order valence-corrected chi connectivity index (χ1v) is 10.6. The van der Waals surface area contributed by atoms with E-state index in [0.29, 0.717) is 4.90 Å². The average molecular weight is 365 g/mol. The minimum Gasteiger partial charge on any atom is -0.352 e. The number of aryl methyl sites for hydroxylation is 2. The molecule has 1 heterocycles. The van der Waals surface area contributed by atoms with E-state index in [4.69, 9.17) is 0 Å². The van der Waals surface area contributed by atoms with Crippen LogP contribution in [0.4, 0.5) is 0 Å². The summed E-state index contributed by atoms with van der Waals surface area (Å²) in [5, 5.41) is 6.19. The molecule has 138 valence electrons. The number of hydrogen-bond donors (Lipinski definition) is 3. The van der Waals surface area contributed by atoms with Gasteiger partial charge in [-0.05, 0) is 68.3 Å². The molecule has 1 saturated heterocycles. The van der Waals surface area contributed by atoms with Gasteiger partial charge in [-0.1, -0.05) is 6.07 Å². The van der Waals surface area contributed by atoms with E-state index in [-0.39, 0.29) is 24.9 Å². The lowest BCUT2D eigenvalue weighted by atomic mass is 9.92. The van der Waals surface area contributed by atoms with Crippen molar-refractivity contribution >= 4 is 15.9 Å². The molecule has 3 rings (SSSR count). The van der Waals surface area contributed by atoms with Crippen LogP contribution in [0.3, 0.4) is 0 Å². The lowest BCUT2D eigenvalue weighted by Gasteiger charge is -2.23. The first-order valence-electron chi connectivity index (χ1n) is 9.16. The number of carbonyl (C=O) groups excluding carboxylic acids is 1. The van der Waals surface area contributed by atoms with E-state index in [0.717, 1.165) is 50.8 Å². The smallest absolute Gasteiger partial charge is 0.240 e. The third kappa shape index (κ3) is 5.03. The van der Waals surface area contributed by atoms with Crippen molar-refractivity contribution in [3.05, 3.63) is 29.3 Å². The Kier molecular flexibility index (Phi) is 6.09. The molecule has 0 radical (unpaired) electrons. The maximum atomic E-state index is 12.4. The number of fused-ring (bicyclic) bond motifs is 1. The zero-order valence-corrected chi connectivity index (χ0v) is 15.3. The number of sulfonamides is 1. The number of carbonyl (C=O) groups is 1. The van der Waals surface area contributed by atoms with Gasteiger partial charge in [0.15, 0.2) is 0 Å². The van der Waals surface area contributed by atoms with E-state index < -0.39 is 10.0 Å². The summed E-state index contributed by atoms with van der Waals surface area (Å²) in [6.07, 6.45) is 6.43. The summed E-state index contributed by atoms with van der Waals surface area (Å²) in [6.45, 7) is 1.89. The third-order valence-electron chi connectivity index (χ3n) is 4.94. The molecule has 25 heavy (non-hydrogen) atoms. The van der Waals surface area contributed by atoms with Gasteiger partial charge in [0.1, 0.15) is 0 Å². The predicted molar refractivity (Wildman–Crippen MR) is 96.9 cm³/mol. The lowest BCUT2D eigenvalue weighted by molar-refractivity contribution is -0.121. The molecule has 7 heteroatoms. The summed E-state index contributed by atoms with van der Waals surface area (Å²) in [7, 11) is -3.56. The topological polar surface area (TPSA) is 87.3 Å². The van der Waals surface area contributed by atoms with E-state index >= 15 is 0 Å². The number of nitrogens with one attached hydrogen (secondary N) is 3. The van der Waals surface area contributed by atoms with Crippen molar-refractivity contribution in [3.63, 3.8) is 0 Å². The summed E-state index contributed by atoms with van der Waals surface area (Å²) >= 11 is 0. The fraction of sp³-hybridized carbons (Fsp3) is 0.611. The molecule has 1 aliphatic heterocycles. The van der Waals surface area contributed by atoms with Crippen molar-refractivity contribution in [2.75, 3.05) is 19.6 Å². The van der Waals surface area contributed by atoms with Crippen LogP contribution in [0.15, 0.2) is 23.1 Å². The van der Waals surface area contributed by atoms with Crippen LogP contribution in [0, 0.1) is 0 Å². The number of hydrogen-bond acceptors (Lipinski definition) is 4. The Morgan fingerprint density at radius 3 is 2.72 bits per heavy atom. The van der Waals surface area contributed by atoms with Crippen molar-refractivity contribution in [2.24, 2.45) is 0 Å². The normalized spacial score (nSPS) is 20.7. The molecule has 1 aliphatic carbocycles. The van der Waals surface area contributed by atoms with E-state index in [1.165, 1.54) is 12.0 Å². The molecular formula is C18H27N3O3S. The van der Waals surface area contributed by atoms with Gasteiger partial charge in [-0.3, -0.25) is 4.79 Å². The summed E-state index contributed by atoms with van der Waals surface area (Å²) in [6, 6.07) is 5.52. The Morgan fingerprint density at radius 1 is 1.16 bits per heavy atom. The number of amides is 1. The summed E-state index contributed by atoms with van der Waals surface area (Å²) < 4.78 is 27.4. The third-order valence-corrected chi connectivity index (χ3v) is 6.40. The van der Waals surface area contributed by atoms with Crippen molar-refractivity contribution in [1.29, 1.82) is 0 Å². The van der Waals surface area contributed by atoms with Gasteiger partial charge in [0.25, 0.3) is 0 Å². The van der Waals surface area contributed by atoms with Gasteiger partial charge in [0, 0.05) is 25.6 Å². The molecule has 0 spiro atoms. The molecular weight excluding hydrogens is 338 g/mol. The first kappa shape index (κ1) is 18.4. The molecule has 3 N–H and O–H groups in total. The van der Waals surface area contributed by atoms with Gasteiger partial charge in [0.05, 0.1) is 4.90 Å². The van der Waals surface area contributed by atoms with E-state index in [9.17, 15) is 13.2 Å². The molecule has 1 atom stereocenters. The number of rotatable bonds is 6. The predicted octanol–water partition coefficient (Wildman–Crippen LogP) is 1.10. The SMILES string of the molecule is O=C(CCNS(=O)(=O)c1ccc2c(c1)CCCC2)NC1CCCNC1. The summed E-state index contributed by atoms with van der Waals surface area (Å²) in [5.41, 5.74) is 2.39. The van der Waals surface area contributed by atoms with Crippen molar-refractivity contribution in [2.45, 2.75) is 55.9 Å².